The molecule has 10 heteroatoms. The molecular weight excluding hydrogens is 458 g/mol. The van der Waals surface area contributed by atoms with Crippen molar-refractivity contribution in [2.45, 2.75) is 39.1 Å². The predicted molar refractivity (Wildman–Crippen MR) is 130 cm³/mol. The largest absolute Gasteiger partial charge is 0.481 e. The van der Waals surface area contributed by atoms with Crippen molar-refractivity contribution in [3.63, 3.8) is 0 Å². The highest BCUT2D eigenvalue weighted by Gasteiger charge is 2.21. The highest BCUT2D eigenvalue weighted by atomic mass is 32.2. The number of sulfonamides is 1. The van der Waals surface area contributed by atoms with Crippen LogP contribution >= 0.6 is 0 Å². The van der Waals surface area contributed by atoms with Crippen molar-refractivity contribution in [2.75, 3.05) is 24.4 Å². The molecular formula is C24H29N3O6S. The van der Waals surface area contributed by atoms with Crippen LogP contribution in [0.4, 0.5) is 5.69 Å². The van der Waals surface area contributed by atoms with E-state index in [9.17, 15) is 18.0 Å². The molecule has 0 atom stereocenters. The molecule has 1 aromatic heterocycles. The van der Waals surface area contributed by atoms with Gasteiger partial charge in [-0.15, -0.1) is 0 Å². The highest BCUT2D eigenvalue weighted by molar-refractivity contribution is 7.92. The number of ether oxygens (including phenoxy) is 1. The molecule has 9 nitrogen and oxygen atoms in total. The van der Waals surface area contributed by atoms with E-state index in [-0.39, 0.29) is 23.1 Å². The minimum absolute atomic E-state index is 0.000903. The van der Waals surface area contributed by atoms with Gasteiger partial charge >= 0.3 is 5.97 Å². The molecule has 34 heavy (non-hydrogen) atoms. The van der Waals surface area contributed by atoms with Gasteiger partial charge in [0.15, 0.2) is 6.61 Å². The monoisotopic (exact) mass is 487 g/mol. The van der Waals surface area contributed by atoms with Gasteiger partial charge in [-0.25, -0.2) is 13.2 Å². The van der Waals surface area contributed by atoms with Gasteiger partial charge in [0, 0.05) is 41.4 Å². The van der Waals surface area contributed by atoms with Crippen LogP contribution in [0.1, 0.15) is 25.0 Å². The molecule has 0 spiro atoms. The summed E-state index contributed by atoms with van der Waals surface area (Å²) >= 11 is 0. The number of carboxylic acids is 1. The van der Waals surface area contributed by atoms with Gasteiger partial charge in [0.05, 0.1) is 4.90 Å². The normalized spacial score (nSPS) is 11.4. The Hall–Kier alpha value is -3.53. The highest BCUT2D eigenvalue weighted by Crippen LogP contribution is 2.31. The Morgan fingerprint density at radius 2 is 1.79 bits per heavy atom. The molecule has 0 bridgehead atoms. The smallest absolute Gasteiger partial charge is 0.341 e. The maximum Gasteiger partial charge on any atom is 0.341 e. The van der Waals surface area contributed by atoms with Crippen molar-refractivity contribution in [1.82, 2.24) is 9.47 Å². The number of nitrogens with zero attached hydrogens (tertiary/aromatic N) is 2. The first-order valence-electron chi connectivity index (χ1n) is 10.9. The zero-order valence-corrected chi connectivity index (χ0v) is 20.5. The van der Waals surface area contributed by atoms with E-state index in [2.05, 4.69) is 4.72 Å². The zero-order valence-electron chi connectivity index (χ0n) is 19.7. The number of aliphatic carboxylic acids is 1. The number of carbonyl (C=O) groups is 2. The van der Waals surface area contributed by atoms with Gasteiger partial charge in [-0.1, -0.05) is 6.07 Å². The molecule has 2 aromatic carbocycles. The number of carboxylic acid groups (broad SMARTS) is 1. The van der Waals surface area contributed by atoms with Gasteiger partial charge in [0.1, 0.15) is 12.3 Å². The molecule has 3 aromatic rings. The van der Waals surface area contributed by atoms with Crippen molar-refractivity contribution in [3.05, 3.63) is 53.7 Å². The second kappa shape index (κ2) is 10.2. The van der Waals surface area contributed by atoms with E-state index in [0.717, 1.165) is 10.9 Å². The van der Waals surface area contributed by atoms with Crippen LogP contribution in [0.3, 0.4) is 0 Å². The molecule has 0 saturated carbocycles. The summed E-state index contributed by atoms with van der Waals surface area (Å²) in [6, 6.07) is 9.99. The van der Waals surface area contributed by atoms with Crippen molar-refractivity contribution >= 4 is 38.5 Å². The second-order valence-corrected chi connectivity index (χ2v) is 9.56. The summed E-state index contributed by atoms with van der Waals surface area (Å²) in [5, 5.41) is 9.68. The van der Waals surface area contributed by atoms with Crippen LogP contribution in [-0.4, -0.2) is 54.6 Å². The number of amides is 1. The molecule has 0 fully saturated rings. The summed E-state index contributed by atoms with van der Waals surface area (Å²) in [5.41, 5.74) is 2.16. The van der Waals surface area contributed by atoms with E-state index in [1.807, 2.05) is 24.5 Å². The van der Waals surface area contributed by atoms with Gasteiger partial charge in [-0.05, 0) is 63.6 Å². The summed E-state index contributed by atoms with van der Waals surface area (Å²) in [4.78, 5) is 25.1. The average Bonchev–Trinajstić information content (AvgIpc) is 3.15. The van der Waals surface area contributed by atoms with Crippen molar-refractivity contribution in [3.8, 4) is 5.75 Å². The lowest BCUT2D eigenvalue weighted by Crippen LogP contribution is -2.33. The maximum absolute atomic E-state index is 13.1. The fourth-order valence-corrected chi connectivity index (χ4v) is 5.18. The van der Waals surface area contributed by atoms with Gasteiger partial charge in [0.25, 0.3) is 10.0 Å². The number of hydrogen-bond acceptors (Lipinski definition) is 5. The van der Waals surface area contributed by atoms with Gasteiger partial charge in [-0.2, -0.15) is 0 Å². The summed E-state index contributed by atoms with van der Waals surface area (Å²) < 4.78 is 36.0. The molecule has 0 radical (unpaired) electrons. The molecule has 0 aliphatic heterocycles. The maximum atomic E-state index is 13.1. The number of rotatable bonds is 10. The number of carbonyl (C=O) groups excluding carboxylic acids is 1. The lowest BCUT2D eigenvalue weighted by Gasteiger charge is -2.19. The number of aromatic nitrogens is 1. The minimum atomic E-state index is -3.97. The number of anilines is 1. The van der Waals surface area contributed by atoms with Crippen LogP contribution in [0.15, 0.2) is 47.5 Å². The molecule has 0 aliphatic carbocycles. The third-order valence-corrected chi connectivity index (χ3v) is 7.15. The number of benzene rings is 2. The van der Waals surface area contributed by atoms with E-state index in [0.29, 0.717) is 29.9 Å². The fourth-order valence-electron chi connectivity index (χ4n) is 3.89. The molecule has 0 saturated heterocycles. The summed E-state index contributed by atoms with van der Waals surface area (Å²) in [6.07, 6.45) is 1.81. The first-order valence-corrected chi connectivity index (χ1v) is 12.4. The van der Waals surface area contributed by atoms with Gasteiger partial charge in [-0.3, -0.25) is 9.52 Å². The Balaban J connectivity index is 1.86. The number of hydrogen-bond donors (Lipinski definition) is 2. The van der Waals surface area contributed by atoms with Crippen LogP contribution in [0, 0.1) is 13.8 Å². The molecule has 1 amide bonds. The molecule has 3 rings (SSSR count). The first-order chi connectivity index (χ1) is 16.1. The number of likely N-dealkylation sites (N-methyl/N-ethyl adjacent to an activating group) is 1. The van der Waals surface area contributed by atoms with E-state index in [4.69, 9.17) is 9.84 Å². The Labute approximate surface area is 199 Å². The second-order valence-electron chi connectivity index (χ2n) is 7.91. The minimum Gasteiger partial charge on any atom is -0.481 e. The van der Waals surface area contributed by atoms with Crippen LogP contribution in [0.2, 0.25) is 0 Å². The number of nitrogens with one attached hydrogen (secondary N) is 1. The van der Waals surface area contributed by atoms with E-state index in [1.54, 1.807) is 49.2 Å². The summed E-state index contributed by atoms with van der Waals surface area (Å²) in [6.45, 7) is 8.09. The first kappa shape index (κ1) is 25.1. The number of aryl methyl sites for hydroxylation is 1. The topological polar surface area (TPSA) is 118 Å². The Bertz CT molecular complexity index is 1330. The lowest BCUT2D eigenvalue weighted by molar-refractivity contribution is -0.139. The van der Waals surface area contributed by atoms with Crippen LogP contribution in [-0.2, 0) is 26.2 Å². The average molecular weight is 488 g/mol. The predicted octanol–water partition coefficient (Wildman–Crippen LogP) is 3.39. The van der Waals surface area contributed by atoms with E-state index in [1.165, 1.54) is 6.07 Å². The third-order valence-electron chi connectivity index (χ3n) is 5.63. The van der Waals surface area contributed by atoms with E-state index >= 15 is 0 Å². The Kier molecular flexibility index (Phi) is 7.51. The standard InChI is InChI=1S/C24H29N3O6S/c1-5-26(6-2)22(28)14-27-12-11-18-13-19(8-9-20(18)27)25-34(31,32)21-10-7-16(3)24(17(21)4)33-15-23(29)30/h7-13,25H,5-6,14-15H2,1-4H3,(H,29,30). The lowest BCUT2D eigenvalue weighted by atomic mass is 10.1. The Morgan fingerprint density at radius 1 is 1.09 bits per heavy atom. The molecule has 182 valence electrons. The summed E-state index contributed by atoms with van der Waals surface area (Å²) in [7, 11) is -3.97. The van der Waals surface area contributed by atoms with Gasteiger partial charge in [0.2, 0.25) is 5.91 Å². The molecule has 0 aliphatic rings. The fraction of sp³-hybridized carbons (Fsp3) is 0.333. The quantitative estimate of drug-likeness (QED) is 0.453. The summed E-state index contributed by atoms with van der Waals surface area (Å²) in [5.74, 6) is -0.900. The third kappa shape index (κ3) is 5.33. The van der Waals surface area contributed by atoms with Gasteiger partial charge < -0.3 is 19.3 Å². The Morgan fingerprint density at radius 3 is 2.44 bits per heavy atom. The molecule has 2 N–H and O–H groups in total. The number of fused-ring (bicyclic) bond motifs is 1. The van der Waals surface area contributed by atoms with Crippen molar-refractivity contribution in [1.29, 1.82) is 0 Å². The SMILES string of the molecule is CCN(CC)C(=O)Cn1ccc2cc(NS(=O)(=O)c3ccc(C)c(OCC(=O)O)c3C)ccc21. The zero-order chi connectivity index (χ0) is 25.0. The van der Waals surface area contributed by atoms with Crippen LogP contribution < -0.4 is 9.46 Å². The van der Waals surface area contributed by atoms with Crippen LogP contribution in [0.5, 0.6) is 5.75 Å². The van der Waals surface area contributed by atoms with Crippen molar-refractivity contribution < 1.29 is 27.9 Å². The molecule has 0 unspecified atom stereocenters. The van der Waals surface area contributed by atoms with Crippen molar-refractivity contribution in [2.24, 2.45) is 0 Å². The molecule has 1 heterocycles. The van der Waals surface area contributed by atoms with Crippen LogP contribution in [0.25, 0.3) is 10.9 Å². The van der Waals surface area contributed by atoms with E-state index < -0.39 is 22.6 Å².